The predicted octanol–water partition coefficient (Wildman–Crippen LogP) is 1.59. The number of rotatable bonds is 8. The van der Waals surface area contributed by atoms with Crippen molar-refractivity contribution in [2.24, 2.45) is 0 Å². The van der Waals surface area contributed by atoms with Gasteiger partial charge < -0.3 is 20.3 Å². The fourth-order valence-electron chi connectivity index (χ4n) is 2.50. The average molecular weight is 337 g/mol. The highest BCUT2D eigenvalue weighted by Gasteiger charge is 2.14. The van der Waals surface area contributed by atoms with Crippen LogP contribution in [0.15, 0.2) is 29.2 Å². The number of benzene rings is 1. The first-order chi connectivity index (χ1) is 11.2. The lowest BCUT2D eigenvalue weighted by Gasteiger charge is -2.27. The average Bonchev–Trinajstić information content (AvgIpc) is 2.60. The molecule has 6 heteroatoms. The number of thioether (sulfide) groups is 1. The number of nitrogens with one attached hydrogen (secondary N) is 2. The van der Waals surface area contributed by atoms with Crippen molar-refractivity contribution in [3.05, 3.63) is 24.3 Å². The van der Waals surface area contributed by atoms with Crippen LogP contribution in [-0.2, 0) is 4.79 Å². The van der Waals surface area contributed by atoms with Crippen molar-refractivity contribution in [3.63, 3.8) is 0 Å². The minimum Gasteiger partial charge on any atom is -0.481 e. The van der Waals surface area contributed by atoms with Gasteiger partial charge in [0.05, 0.1) is 0 Å². The molecule has 2 rings (SSSR count). The first-order valence-corrected chi connectivity index (χ1v) is 9.43. The van der Waals surface area contributed by atoms with Crippen LogP contribution >= 0.6 is 11.8 Å². The fourth-order valence-corrected chi connectivity index (χ4v) is 2.91. The second kappa shape index (κ2) is 9.80. The minimum absolute atomic E-state index is 0.0562. The summed E-state index contributed by atoms with van der Waals surface area (Å²) in [5.74, 6) is 0.672. The summed E-state index contributed by atoms with van der Waals surface area (Å²) in [6.45, 7) is 7.83. The lowest BCUT2D eigenvalue weighted by molar-refractivity contribution is -0.127. The lowest BCUT2D eigenvalue weighted by atomic mass is 10.3. The molecule has 1 fully saturated rings. The molecule has 1 aliphatic rings. The van der Waals surface area contributed by atoms with Gasteiger partial charge in [0.25, 0.3) is 5.91 Å². The number of amides is 1. The molecule has 0 radical (unpaired) electrons. The summed E-state index contributed by atoms with van der Waals surface area (Å²) in [5.41, 5.74) is 0. The SMILES string of the molecule is CSc1ccc(OC(C)C(=O)NCCCN2CCNCC2)cc1. The number of nitrogens with zero attached hydrogens (tertiary/aromatic N) is 1. The highest BCUT2D eigenvalue weighted by atomic mass is 32.2. The summed E-state index contributed by atoms with van der Waals surface area (Å²) < 4.78 is 5.68. The molecule has 1 aliphatic heterocycles. The van der Waals surface area contributed by atoms with Gasteiger partial charge in [-0.2, -0.15) is 0 Å². The highest BCUT2D eigenvalue weighted by Crippen LogP contribution is 2.19. The van der Waals surface area contributed by atoms with Gasteiger partial charge in [-0.25, -0.2) is 0 Å². The van der Waals surface area contributed by atoms with E-state index in [0.717, 1.165) is 44.9 Å². The molecule has 5 nitrogen and oxygen atoms in total. The number of carbonyl (C=O) groups is 1. The van der Waals surface area contributed by atoms with Crippen LogP contribution in [-0.4, -0.2) is 62.4 Å². The maximum absolute atomic E-state index is 12.1. The monoisotopic (exact) mass is 337 g/mol. The van der Waals surface area contributed by atoms with Gasteiger partial charge in [-0.15, -0.1) is 11.8 Å². The number of carbonyl (C=O) groups excluding carboxylic acids is 1. The van der Waals surface area contributed by atoms with Gasteiger partial charge in [-0.3, -0.25) is 4.79 Å². The predicted molar refractivity (Wildman–Crippen MR) is 95.2 cm³/mol. The molecule has 1 unspecified atom stereocenters. The van der Waals surface area contributed by atoms with Crippen LogP contribution in [0.4, 0.5) is 0 Å². The van der Waals surface area contributed by atoms with E-state index in [0.29, 0.717) is 6.54 Å². The zero-order valence-electron chi connectivity index (χ0n) is 14.0. The topological polar surface area (TPSA) is 53.6 Å². The Labute approximate surface area is 143 Å². The van der Waals surface area contributed by atoms with Gasteiger partial charge in [-0.05, 0) is 50.4 Å². The summed E-state index contributed by atoms with van der Waals surface area (Å²) >= 11 is 1.69. The zero-order chi connectivity index (χ0) is 16.5. The quantitative estimate of drug-likeness (QED) is 0.557. The molecule has 23 heavy (non-hydrogen) atoms. The van der Waals surface area contributed by atoms with E-state index in [1.807, 2.05) is 30.5 Å². The molecule has 0 aliphatic carbocycles. The largest absolute Gasteiger partial charge is 0.481 e. The fraction of sp³-hybridized carbons (Fsp3) is 0.588. The van der Waals surface area contributed by atoms with E-state index in [2.05, 4.69) is 15.5 Å². The molecule has 2 N–H and O–H groups in total. The molecule has 1 saturated heterocycles. The second-order valence-corrected chi connectivity index (χ2v) is 6.55. The molecular formula is C17H27N3O2S. The number of hydrogen-bond donors (Lipinski definition) is 2. The van der Waals surface area contributed by atoms with E-state index in [4.69, 9.17) is 4.74 Å². The Morgan fingerprint density at radius 1 is 1.35 bits per heavy atom. The summed E-state index contributed by atoms with van der Waals surface area (Å²) in [7, 11) is 0. The van der Waals surface area contributed by atoms with Crippen molar-refractivity contribution in [2.45, 2.75) is 24.3 Å². The van der Waals surface area contributed by atoms with Crippen LogP contribution in [0.2, 0.25) is 0 Å². The molecule has 0 bridgehead atoms. The molecule has 0 saturated carbocycles. The Bertz CT molecular complexity index is 475. The van der Waals surface area contributed by atoms with Gasteiger partial charge in [0, 0.05) is 37.6 Å². The Balaban J connectivity index is 1.63. The Hall–Kier alpha value is -1.24. The number of ether oxygens (including phenoxy) is 1. The van der Waals surface area contributed by atoms with Crippen LogP contribution in [0.1, 0.15) is 13.3 Å². The molecular weight excluding hydrogens is 310 g/mol. The van der Waals surface area contributed by atoms with E-state index >= 15 is 0 Å². The van der Waals surface area contributed by atoms with Crippen LogP contribution in [0.3, 0.4) is 0 Å². The summed E-state index contributed by atoms with van der Waals surface area (Å²) in [4.78, 5) is 15.7. The van der Waals surface area contributed by atoms with E-state index in [9.17, 15) is 4.79 Å². The van der Waals surface area contributed by atoms with Crippen molar-refractivity contribution in [3.8, 4) is 5.75 Å². The van der Waals surface area contributed by atoms with Gasteiger partial charge in [0.15, 0.2) is 6.10 Å². The van der Waals surface area contributed by atoms with Crippen LogP contribution < -0.4 is 15.4 Å². The number of piperazine rings is 1. The maximum atomic E-state index is 12.1. The van der Waals surface area contributed by atoms with E-state index < -0.39 is 6.10 Å². The lowest BCUT2D eigenvalue weighted by Crippen LogP contribution is -2.44. The standard InChI is InChI=1S/C17H27N3O2S/c1-14(22-15-4-6-16(23-2)7-5-15)17(21)19-8-3-11-20-12-9-18-10-13-20/h4-7,14,18H,3,8-13H2,1-2H3,(H,19,21). The molecule has 1 aromatic rings. The molecule has 1 heterocycles. The van der Waals surface area contributed by atoms with Crippen molar-refractivity contribution >= 4 is 17.7 Å². The highest BCUT2D eigenvalue weighted by molar-refractivity contribution is 7.98. The minimum atomic E-state index is -0.477. The second-order valence-electron chi connectivity index (χ2n) is 5.67. The van der Waals surface area contributed by atoms with Crippen molar-refractivity contribution in [1.82, 2.24) is 15.5 Å². The van der Waals surface area contributed by atoms with Crippen molar-refractivity contribution < 1.29 is 9.53 Å². The van der Waals surface area contributed by atoms with Gasteiger partial charge in [0.2, 0.25) is 0 Å². The Morgan fingerprint density at radius 3 is 2.70 bits per heavy atom. The van der Waals surface area contributed by atoms with Gasteiger partial charge in [-0.1, -0.05) is 0 Å². The summed E-state index contributed by atoms with van der Waals surface area (Å²) in [6.07, 6.45) is 2.53. The molecule has 1 atom stereocenters. The van der Waals surface area contributed by atoms with Crippen molar-refractivity contribution in [2.75, 3.05) is 45.5 Å². The molecule has 1 aromatic carbocycles. The Morgan fingerprint density at radius 2 is 2.04 bits per heavy atom. The molecule has 0 aromatic heterocycles. The molecule has 0 spiro atoms. The third kappa shape index (κ3) is 6.41. The first kappa shape index (κ1) is 18.1. The van der Waals surface area contributed by atoms with Gasteiger partial charge >= 0.3 is 0 Å². The van der Waals surface area contributed by atoms with E-state index in [1.165, 1.54) is 4.90 Å². The first-order valence-electron chi connectivity index (χ1n) is 8.20. The maximum Gasteiger partial charge on any atom is 0.260 e. The molecule has 128 valence electrons. The van der Waals surface area contributed by atoms with Crippen molar-refractivity contribution in [1.29, 1.82) is 0 Å². The normalized spacial score (nSPS) is 16.8. The van der Waals surface area contributed by atoms with Crippen LogP contribution in [0.25, 0.3) is 0 Å². The Kier molecular flexibility index (Phi) is 7.71. The third-order valence-corrected chi connectivity index (χ3v) is 4.65. The van der Waals surface area contributed by atoms with E-state index in [-0.39, 0.29) is 5.91 Å². The van der Waals surface area contributed by atoms with Crippen LogP contribution in [0.5, 0.6) is 5.75 Å². The zero-order valence-corrected chi connectivity index (χ0v) is 14.8. The summed E-state index contributed by atoms with van der Waals surface area (Å²) in [6, 6.07) is 7.80. The van der Waals surface area contributed by atoms with Crippen LogP contribution in [0, 0.1) is 0 Å². The van der Waals surface area contributed by atoms with Gasteiger partial charge in [0.1, 0.15) is 5.75 Å². The smallest absolute Gasteiger partial charge is 0.260 e. The third-order valence-electron chi connectivity index (χ3n) is 3.90. The molecule has 1 amide bonds. The number of hydrogen-bond acceptors (Lipinski definition) is 5. The van der Waals surface area contributed by atoms with E-state index in [1.54, 1.807) is 18.7 Å². The summed E-state index contributed by atoms with van der Waals surface area (Å²) in [5, 5.41) is 6.29.